The van der Waals surface area contributed by atoms with Crippen LogP contribution >= 0.6 is 0 Å². The fourth-order valence-corrected chi connectivity index (χ4v) is 5.86. The van der Waals surface area contributed by atoms with Crippen LogP contribution in [0.25, 0.3) is 0 Å². The van der Waals surface area contributed by atoms with Crippen LogP contribution < -0.4 is 0 Å². The number of aromatic hydroxyl groups is 1. The Labute approximate surface area is 201 Å². The van der Waals surface area contributed by atoms with E-state index in [2.05, 4.69) is 30.9 Å². The summed E-state index contributed by atoms with van der Waals surface area (Å²) in [5.74, 6) is 2.78. The van der Waals surface area contributed by atoms with Gasteiger partial charge in [-0.25, -0.2) is 0 Å². The van der Waals surface area contributed by atoms with Gasteiger partial charge < -0.3 is 19.3 Å². The number of hydrogen-bond acceptors (Lipinski definition) is 5. The number of hydrogen-bond donors (Lipinski definition) is 1. The van der Waals surface area contributed by atoms with Gasteiger partial charge in [0.1, 0.15) is 11.5 Å². The van der Waals surface area contributed by atoms with E-state index in [0.29, 0.717) is 29.3 Å². The number of aryl methyl sites for hydroxylation is 1. The van der Waals surface area contributed by atoms with Gasteiger partial charge in [0.05, 0.1) is 0 Å². The molecule has 5 heteroatoms. The van der Waals surface area contributed by atoms with E-state index in [1.807, 2.05) is 32.9 Å². The van der Waals surface area contributed by atoms with Crippen molar-refractivity contribution < 1.29 is 24.1 Å². The van der Waals surface area contributed by atoms with E-state index in [4.69, 9.17) is 9.47 Å². The maximum atomic E-state index is 12.3. The summed E-state index contributed by atoms with van der Waals surface area (Å²) in [6.45, 7) is 15.5. The highest BCUT2D eigenvalue weighted by Crippen LogP contribution is 2.59. The van der Waals surface area contributed by atoms with E-state index < -0.39 is 0 Å². The number of carbonyl (C=O) groups excluding carboxylic acids is 1. The summed E-state index contributed by atoms with van der Waals surface area (Å²) in [4.78, 5) is 12.3. The first-order chi connectivity index (χ1) is 15.8. The first-order valence-electron chi connectivity index (χ1n) is 12.3. The molecule has 2 fully saturated rings. The number of methoxy groups -OCH3 is 1. The fraction of sp³-hybridized carbons (Fsp3) is 0.679. The minimum atomic E-state index is -0.0370. The smallest absolute Gasteiger partial charge is 0.154 e. The highest BCUT2D eigenvalue weighted by molar-refractivity contribution is 5.87. The molecular weight excluding hydrogens is 416 g/mol. The minimum Gasteiger partial charge on any atom is -0.508 e. The molecule has 0 saturated heterocycles. The predicted molar refractivity (Wildman–Crippen MR) is 135 cm³/mol. The van der Waals surface area contributed by atoms with Crippen molar-refractivity contribution in [1.82, 2.24) is 0 Å². The van der Waals surface area contributed by atoms with Gasteiger partial charge in [0.25, 0.3) is 0 Å². The average molecular weight is 463 g/mol. The quantitative estimate of drug-likeness (QED) is 0.421. The Bertz CT molecular complexity index is 712. The van der Waals surface area contributed by atoms with Crippen LogP contribution in [0.1, 0.15) is 76.8 Å². The first-order valence-corrected chi connectivity index (χ1v) is 12.3. The molecule has 4 atom stereocenters. The van der Waals surface area contributed by atoms with Crippen molar-refractivity contribution in [1.29, 1.82) is 0 Å². The van der Waals surface area contributed by atoms with Crippen LogP contribution in [-0.4, -0.2) is 44.6 Å². The molecule has 2 saturated carbocycles. The summed E-state index contributed by atoms with van der Waals surface area (Å²) in [6, 6.07) is 5.90. The topological polar surface area (TPSA) is 65.0 Å². The average Bonchev–Trinajstić information content (AvgIpc) is 3.11. The lowest BCUT2D eigenvalue weighted by atomic mass is 9.55. The zero-order valence-corrected chi connectivity index (χ0v) is 21.7. The Balaban J connectivity index is 0.000000354. The monoisotopic (exact) mass is 462 g/mol. The third-order valence-corrected chi connectivity index (χ3v) is 7.22. The Kier molecular flexibility index (Phi) is 12.9. The largest absolute Gasteiger partial charge is 0.508 e. The molecule has 1 aromatic rings. The summed E-state index contributed by atoms with van der Waals surface area (Å²) in [5.41, 5.74) is 2.75. The zero-order valence-electron chi connectivity index (χ0n) is 21.7. The summed E-state index contributed by atoms with van der Waals surface area (Å²) < 4.78 is 14.4. The van der Waals surface area contributed by atoms with Gasteiger partial charge in [-0.3, -0.25) is 4.79 Å². The van der Waals surface area contributed by atoms with Crippen molar-refractivity contribution in [3.63, 3.8) is 0 Å². The molecule has 0 bridgehead atoms. The minimum absolute atomic E-state index is 0.0322. The molecule has 3 aliphatic rings. The van der Waals surface area contributed by atoms with E-state index in [-0.39, 0.29) is 11.7 Å². The third-order valence-electron chi connectivity index (χ3n) is 7.22. The number of phenolic OH excluding ortho intramolecular Hbond substituents is 1. The second kappa shape index (κ2) is 14.5. The molecule has 0 heterocycles. The molecule has 33 heavy (non-hydrogen) atoms. The van der Waals surface area contributed by atoms with Crippen LogP contribution in [0.3, 0.4) is 0 Å². The van der Waals surface area contributed by atoms with Gasteiger partial charge in [0.2, 0.25) is 0 Å². The number of ether oxygens (including phenoxy) is 3. The summed E-state index contributed by atoms with van der Waals surface area (Å²) in [7, 11) is 3.25. The van der Waals surface area contributed by atoms with Crippen LogP contribution in [-0.2, 0) is 25.4 Å². The normalized spacial score (nSPS) is 26.9. The van der Waals surface area contributed by atoms with Gasteiger partial charge in [-0.2, -0.15) is 0 Å². The van der Waals surface area contributed by atoms with Crippen molar-refractivity contribution >= 4 is 5.78 Å². The van der Waals surface area contributed by atoms with Crippen molar-refractivity contribution in [3.8, 4) is 5.75 Å². The van der Waals surface area contributed by atoms with Crippen LogP contribution in [0, 0.1) is 17.3 Å². The zero-order chi connectivity index (χ0) is 25.0. The van der Waals surface area contributed by atoms with E-state index in [0.717, 1.165) is 45.3 Å². The van der Waals surface area contributed by atoms with E-state index in [1.54, 1.807) is 14.2 Å². The molecule has 0 amide bonds. The lowest BCUT2D eigenvalue weighted by Crippen LogP contribution is -2.42. The molecule has 0 unspecified atom stereocenters. The van der Waals surface area contributed by atoms with Crippen LogP contribution in [0.2, 0.25) is 0 Å². The maximum Gasteiger partial charge on any atom is 0.154 e. The van der Waals surface area contributed by atoms with E-state index in [1.165, 1.54) is 17.5 Å². The van der Waals surface area contributed by atoms with Crippen LogP contribution in [0.4, 0.5) is 0 Å². The van der Waals surface area contributed by atoms with Gasteiger partial charge in [-0.15, -0.1) is 13.2 Å². The van der Waals surface area contributed by atoms with Crippen molar-refractivity contribution in [2.24, 2.45) is 17.3 Å². The number of benzene rings is 1. The molecule has 4 rings (SSSR count). The second-order valence-corrected chi connectivity index (χ2v) is 9.10. The first kappa shape index (κ1) is 29.3. The van der Waals surface area contributed by atoms with Crippen molar-refractivity contribution in [2.75, 3.05) is 27.4 Å². The molecule has 1 aromatic carbocycles. The van der Waals surface area contributed by atoms with Crippen LogP contribution in [0.15, 0.2) is 31.4 Å². The number of phenols is 1. The number of Topliss-reactive ketones (excluding diaryl/α,β-unsaturated/α-hetero) is 1. The Hall–Kier alpha value is -1.69. The van der Waals surface area contributed by atoms with Gasteiger partial charge in [0, 0.05) is 39.3 Å². The number of fused-ring (bicyclic) bond motifs is 5. The number of carbonyl (C=O) groups is 1. The second-order valence-electron chi connectivity index (χ2n) is 9.10. The summed E-state index contributed by atoms with van der Waals surface area (Å²) in [5, 5.41) is 9.67. The molecule has 0 spiro atoms. The number of ketones is 1. The van der Waals surface area contributed by atoms with Gasteiger partial charge in [0.15, 0.2) is 6.29 Å². The van der Waals surface area contributed by atoms with Crippen molar-refractivity contribution in [3.05, 3.63) is 42.5 Å². The summed E-state index contributed by atoms with van der Waals surface area (Å²) in [6.07, 6.45) is 6.31. The predicted octanol–water partition coefficient (Wildman–Crippen LogP) is 6.29. The van der Waals surface area contributed by atoms with Gasteiger partial charge in [-0.05, 0) is 93.9 Å². The van der Waals surface area contributed by atoms with Crippen molar-refractivity contribution in [2.45, 2.75) is 78.4 Å². The van der Waals surface area contributed by atoms with Gasteiger partial charge >= 0.3 is 0 Å². The lowest BCUT2D eigenvalue weighted by molar-refractivity contribution is -0.129. The van der Waals surface area contributed by atoms with Gasteiger partial charge in [-0.1, -0.05) is 13.0 Å². The molecule has 5 nitrogen and oxygen atoms in total. The molecule has 0 aliphatic heterocycles. The third kappa shape index (κ3) is 7.40. The Morgan fingerprint density at radius 2 is 1.70 bits per heavy atom. The lowest BCUT2D eigenvalue weighted by Gasteiger charge is -2.48. The molecular formula is C28H46O5. The standard InChI is InChI=1S/C18H22O2.C6H14O2.C2H6O.C2H4/c1-18-9-8-14-13-5-3-12(19)10-11(13)2-4-15(14)16(18)6-7-17(18)20;1-4-7-6(3)8-5-2;1-3-2;1-2/h3,5,10,14-16,19H,2,4,6-9H2,1H3;6H,4-5H2,1-3H3;1-2H3;1-2H2/t14-,15-,16+,18+;;;/m1.../s1. The Morgan fingerprint density at radius 1 is 1.09 bits per heavy atom. The highest BCUT2D eigenvalue weighted by Gasteiger charge is 2.54. The van der Waals surface area contributed by atoms with E-state index in [9.17, 15) is 9.90 Å². The molecule has 0 aromatic heterocycles. The maximum absolute atomic E-state index is 12.3. The fourth-order valence-electron chi connectivity index (χ4n) is 5.86. The highest BCUT2D eigenvalue weighted by atomic mass is 16.7. The molecule has 188 valence electrons. The Morgan fingerprint density at radius 3 is 2.27 bits per heavy atom. The molecule has 1 N–H and O–H groups in total. The number of rotatable bonds is 4. The van der Waals surface area contributed by atoms with Crippen LogP contribution in [0.5, 0.6) is 5.75 Å². The SMILES string of the molecule is C=C.CCOC(C)OCC.COC.C[C@]12CC[C@@H]3c4ccc(O)cc4CC[C@H]3[C@@H]1CCC2=O. The molecule has 3 aliphatic carbocycles. The van der Waals surface area contributed by atoms with E-state index >= 15 is 0 Å². The summed E-state index contributed by atoms with van der Waals surface area (Å²) >= 11 is 0. The molecule has 0 radical (unpaired) electrons.